The fraction of sp³-hybridized carbons (Fsp3) is 0.250. The lowest BCUT2D eigenvalue weighted by molar-refractivity contribution is -0.144. The molecular weight excluding hydrogens is 784 g/mol. The topological polar surface area (TPSA) is 204 Å². The first kappa shape index (κ1) is 42.5. The molecule has 5 aromatic rings. The van der Waals surface area contributed by atoms with E-state index in [0.717, 1.165) is 12.1 Å². The number of methoxy groups -OCH3 is 3. The third-order valence-electron chi connectivity index (χ3n) is 8.37. The van der Waals surface area contributed by atoms with E-state index in [9.17, 15) is 32.0 Å². The molecule has 16 nitrogen and oxygen atoms in total. The van der Waals surface area contributed by atoms with E-state index in [-0.39, 0.29) is 65.8 Å². The van der Waals surface area contributed by atoms with E-state index in [1.54, 1.807) is 25.1 Å². The number of carbonyl (C=O) groups excluding carboxylic acids is 3. The monoisotopic (exact) mass is 822 g/mol. The number of carbonyl (C=O) groups is 3. The number of aryl methyl sites for hydroxylation is 1. The fourth-order valence-electron chi connectivity index (χ4n) is 5.60. The Kier molecular flexibility index (Phi) is 13.9. The molecule has 0 saturated carbocycles. The number of benzene rings is 4. The highest BCUT2D eigenvalue weighted by atomic mass is 32.2. The molecule has 306 valence electrons. The van der Waals surface area contributed by atoms with Crippen molar-refractivity contribution >= 4 is 39.3 Å². The SMILES string of the molecule is CCOC(=O)C(CNC(=O)c1ccc(OCCOc2c(-c3ccc(OC)c(OC)c3)oc3cc(OC)cc(OC=O)c3c2=O)cc1)NS(=O)(=O)c1ccc(C)cc1F. The van der Waals surface area contributed by atoms with Crippen LogP contribution in [0, 0.1) is 12.7 Å². The van der Waals surface area contributed by atoms with Gasteiger partial charge in [0.25, 0.3) is 12.4 Å². The van der Waals surface area contributed by atoms with Gasteiger partial charge in [0.15, 0.2) is 17.3 Å². The highest BCUT2D eigenvalue weighted by Crippen LogP contribution is 2.39. The van der Waals surface area contributed by atoms with Crippen LogP contribution in [0.15, 0.2) is 86.9 Å². The van der Waals surface area contributed by atoms with Crippen molar-refractivity contribution in [3.05, 3.63) is 100.0 Å². The van der Waals surface area contributed by atoms with Crippen LogP contribution in [0.3, 0.4) is 0 Å². The van der Waals surface area contributed by atoms with Gasteiger partial charge in [-0.2, -0.15) is 4.72 Å². The second kappa shape index (κ2) is 19.0. The molecular formula is C40H39FN2O14S. The van der Waals surface area contributed by atoms with Gasteiger partial charge in [-0.1, -0.05) is 6.07 Å². The molecule has 0 spiro atoms. The molecule has 0 aliphatic carbocycles. The van der Waals surface area contributed by atoms with Gasteiger partial charge in [0.05, 0.1) is 27.9 Å². The van der Waals surface area contributed by atoms with Gasteiger partial charge in [-0.3, -0.25) is 19.2 Å². The third kappa shape index (κ3) is 9.82. The quantitative estimate of drug-likeness (QED) is 0.0666. The van der Waals surface area contributed by atoms with Gasteiger partial charge in [-0.25, -0.2) is 12.8 Å². The summed E-state index contributed by atoms with van der Waals surface area (Å²) in [7, 11) is -0.194. The highest BCUT2D eigenvalue weighted by Gasteiger charge is 2.29. The second-order valence-corrected chi connectivity index (χ2v) is 13.8. The molecule has 2 N–H and O–H groups in total. The normalized spacial score (nSPS) is 11.6. The zero-order valence-corrected chi connectivity index (χ0v) is 32.7. The van der Waals surface area contributed by atoms with E-state index in [4.69, 9.17) is 37.6 Å². The molecule has 1 atom stereocenters. The van der Waals surface area contributed by atoms with Crippen molar-refractivity contribution in [3.8, 4) is 45.8 Å². The second-order valence-electron chi connectivity index (χ2n) is 12.2. The molecule has 58 heavy (non-hydrogen) atoms. The molecule has 1 unspecified atom stereocenters. The molecule has 1 amide bonds. The summed E-state index contributed by atoms with van der Waals surface area (Å²) < 4.78 is 86.5. The standard InChI is InChI=1S/C40H39FN2O14S/c1-6-53-40(47)29(43-58(48,49)34-14-7-23(2)17-28(34)41)21-42-39(46)24-8-11-26(12-9-24)54-15-16-55-38-36(45)35-32(56-22-44)19-27(50-3)20-33(35)57-37(38)25-10-13-30(51-4)31(18-25)52-5/h7-14,17-20,22,29,43H,6,15-16,21H2,1-5H3,(H,42,46). The summed E-state index contributed by atoms with van der Waals surface area (Å²) in [5.74, 6) is -1.59. The van der Waals surface area contributed by atoms with Crippen LogP contribution in [0.4, 0.5) is 4.39 Å². The van der Waals surface area contributed by atoms with E-state index in [0.29, 0.717) is 28.4 Å². The first-order chi connectivity index (χ1) is 27.8. The molecule has 18 heteroatoms. The van der Waals surface area contributed by atoms with Gasteiger partial charge in [-0.15, -0.1) is 0 Å². The van der Waals surface area contributed by atoms with Crippen molar-refractivity contribution < 1.29 is 64.8 Å². The Bertz CT molecular complexity index is 2470. The van der Waals surface area contributed by atoms with E-state index in [1.807, 2.05) is 0 Å². The van der Waals surface area contributed by atoms with Crippen molar-refractivity contribution in [3.63, 3.8) is 0 Å². The van der Waals surface area contributed by atoms with Crippen LogP contribution >= 0.6 is 0 Å². The van der Waals surface area contributed by atoms with Gasteiger partial charge < -0.3 is 42.9 Å². The Labute approximate surface area is 331 Å². The zero-order chi connectivity index (χ0) is 42.0. The maximum absolute atomic E-state index is 14.5. The molecule has 0 radical (unpaired) electrons. The predicted molar refractivity (Wildman–Crippen MR) is 206 cm³/mol. The van der Waals surface area contributed by atoms with Gasteiger partial charge in [-0.05, 0) is 74.0 Å². The number of ether oxygens (including phenoxy) is 7. The minimum atomic E-state index is -4.52. The van der Waals surface area contributed by atoms with E-state index in [1.165, 1.54) is 70.7 Å². The average Bonchev–Trinajstić information content (AvgIpc) is 3.21. The van der Waals surface area contributed by atoms with Crippen LogP contribution in [0.5, 0.6) is 34.5 Å². The van der Waals surface area contributed by atoms with E-state index in [2.05, 4.69) is 10.0 Å². The van der Waals surface area contributed by atoms with Crippen LogP contribution in [0.2, 0.25) is 0 Å². The van der Waals surface area contributed by atoms with Gasteiger partial charge in [0, 0.05) is 29.8 Å². The van der Waals surface area contributed by atoms with Crippen molar-refractivity contribution in [1.29, 1.82) is 0 Å². The highest BCUT2D eigenvalue weighted by molar-refractivity contribution is 7.89. The maximum Gasteiger partial charge on any atom is 0.326 e. The number of fused-ring (bicyclic) bond motifs is 1. The van der Waals surface area contributed by atoms with Gasteiger partial charge >= 0.3 is 5.97 Å². The number of nitrogens with one attached hydrogen (secondary N) is 2. The molecule has 0 aliphatic rings. The number of rotatable bonds is 19. The Morgan fingerprint density at radius 3 is 2.24 bits per heavy atom. The molecule has 0 fully saturated rings. The van der Waals surface area contributed by atoms with Crippen LogP contribution in [-0.4, -0.2) is 80.5 Å². The Morgan fingerprint density at radius 1 is 0.862 bits per heavy atom. The number of amides is 1. The van der Waals surface area contributed by atoms with Crippen molar-refractivity contribution in [1.82, 2.24) is 10.0 Å². The van der Waals surface area contributed by atoms with Gasteiger partial charge in [0.1, 0.15) is 58.2 Å². The first-order valence-electron chi connectivity index (χ1n) is 17.4. The predicted octanol–water partition coefficient (Wildman–Crippen LogP) is 4.57. The summed E-state index contributed by atoms with van der Waals surface area (Å²) in [6.07, 6.45) is 0. The average molecular weight is 823 g/mol. The lowest BCUT2D eigenvalue weighted by atomic mass is 10.1. The van der Waals surface area contributed by atoms with Gasteiger partial charge in [0.2, 0.25) is 21.2 Å². The van der Waals surface area contributed by atoms with E-state index < -0.39 is 50.6 Å². The molecule has 0 aliphatic heterocycles. The van der Waals surface area contributed by atoms with Crippen LogP contribution < -0.4 is 43.9 Å². The smallest absolute Gasteiger partial charge is 0.326 e. The van der Waals surface area contributed by atoms with Crippen LogP contribution in [-0.2, 0) is 24.3 Å². The number of hydrogen-bond acceptors (Lipinski definition) is 14. The lowest BCUT2D eigenvalue weighted by Crippen LogP contribution is -2.49. The number of halogens is 1. The fourth-order valence-corrected chi connectivity index (χ4v) is 6.84. The minimum Gasteiger partial charge on any atom is -0.496 e. The molecule has 5 rings (SSSR count). The third-order valence-corrected chi connectivity index (χ3v) is 9.88. The number of hydrogen-bond donors (Lipinski definition) is 2. The summed E-state index contributed by atoms with van der Waals surface area (Å²) in [6.45, 7) is 2.44. The first-order valence-corrected chi connectivity index (χ1v) is 18.9. The maximum atomic E-state index is 14.5. The molecule has 0 saturated heterocycles. The van der Waals surface area contributed by atoms with Crippen LogP contribution in [0.1, 0.15) is 22.8 Å². The van der Waals surface area contributed by atoms with Crippen molar-refractivity contribution in [2.45, 2.75) is 24.8 Å². The zero-order valence-electron chi connectivity index (χ0n) is 31.9. The van der Waals surface area contributed by atoms with Crippen LogP contribution in [0.25, 0.3) is 22.3 Å². The Morgan fingerprint density at radius 2 is 1.59 bits per heavy atom. The lowest BCUT2D eigenvalue weighted by Gasteiger charge is -2.18. The molecule has 1 aromatic heterocycles. The Balaban J connectivity index is 1.28. The summed E-state index contributed by atoms with van der Waals surface area (Å²) in [4.78, 5) is 50.2. The summed E-state index contributed by atoms with van der Waals surface area (Å²) >= 11 is 0. The van der Waals surface area contributed by atoms with Crippen molar-refractivity contribution in [2.24, 2.45) is 0 Å². The summed E-state index contributed by atoms with van der Waals surface area (Å²) in [5.41, 5.74) is 0.427. The van der Waals surface area contributed by atoms with Crippen molar-refractivity contribution in [2.75, 3.05) is 47.7 Å². The molecule has 1 heterocycles. The molecule has 4 aromatic carbocycles. The summed E-state index contributed by atoms with van der Waals surface area (Å²) in [5, 5.41) is 2.41. The number of sulfonamides is 1. The minimum absolute atomic E-state index is 0.0273. The molecule has 0 bridgehead atoms. The summed E-state index contributed by atoms with van der Waals surface area (Å²) in [6, 6.07) is 15.4. The van der Waals surface area contributed by atoms with E-state index >= 15 is 0 Å². The largest absolute Gasteiger partial charge is 0.496 e. The Hall–Kier alpha value is -6.66. The number of esters is 1.